The zero-order chi connectivity index (χ0) is 15.8. The topological polar surface area (TPSA) is 96.0 Å². The number of carbonyl (C=O) groups excluding carboxylic acids is 3. The quantitative estimate of drug-likeness (QED) is 0.344. The lowest BCUT2D eigenvalue weighted by molar-refractivity contribution is -0.153. The second-order valence-electron chi connectivity index (χ2n) is 3.88. The lowest BCUT2D eigenvalue weighted by Crippen LogP contribution is -2.33. The smallest absolute Gasteiger partial charge is 0.375 e. The average molecular weight is 308 g/mol. The second kappa shape index (κ2) is 9.00. The molecule has 1 unspecified atom stereocenters. The van der Waals surface area contributed by atoms with E-state index in [-0.39, 0.29) is 19.8 Å². The van der Waals surface area contributed by atoms with Gasteiger partial charge in [-0.3, -0.25) is 14.2 Å². The summed E-state index contributed by atoms with van der Waals surface area (Å²) < 4.78 is 27.2. The zero-order valence-electron chi connectivity index (χ0n) is 12.2. The largest absolute Gasteiger partial charge is 0.460 e. The van der Waals surface area contributed by atoms with Crippen molar-refractivity contribution in [3.05, 3.63) is 0 Å². The molecular weight excluding hydrogens is 287 g/mol. The number of esters is 1. The molecule has 0 aromatic heterocycles. The lowest BCUT2D eigenvalue weighted by atomic mass is 10.1. The number of Topliss-reactive ketones (excluding diaryl/α,β-unsaturated/α-hetero) is 2. The van der Waals surface area contributed by atoms with Gasteiger partial charge in [-0.25, -0.2) is 4.79 Å². The summed E-state index contributed by atoms with van der Waals surface area (Å²) in [5.41, 5.74) is -1.46. The van der Waals surface area contributed by atoms with Crippen LogP contribution in [-0.2, 0) is 32.7 Å². The van der Waals surface area contributed by atoms with Gasteiger partial charge in [0.25, 0.3) is 5.78 Å². The van der Waals surface area contributed by atoms with Gasteiger partial charge in [0.15, 0.2) is 0 Å². The van der Waals surface area contributed by atoms with E-state index in [0.29, 0.717) is 0 Å². The SMILES string of the molecule is CCOC(=O)C(=O)C(CC(C)=O)P(=O)(OCC)OCC. The van der Waals surface area contributed by atoms with E-state index in [1.54, 1.807) is 13.8 Å². The fraction of sp³-hybridized carbons (Fsp3) is 0.750. The van der Waals surface area contributed by atoms with Crippen LogP contribution >= 0.6 is 7.60 Å². The summed E-state index contributed by atoms with van der Waals surface area (Å²) in [5.74, 6) is -2.60. The fourth-order valence-corrected chi connectivity index (χ4v) is 3.56. The van der Waals surface area contributed by atoms with E-state index < -0.39 is 37.2 Å². The van der Waals surface area contributed by atoms with Crippen molar-refractivity contribution in [2.45, 2.75) is 39.8 Å². The maximum Gasteiger partial charge on any atom is 0.375 e. The van der Waals surface area contributed by atoms with Crippen LogP contribution < -0.4 is 0 Å². The highest BCUT2D eigenvalue weighted by Crippen LogP contribution is 2.54. The van der Waals surface area contributed by atoms with Crippen molar-refractivity contribution in [2.24, 2.45) is 0 Å². The van der Waals surface area contributed by atoms with Gasteiger partial charge in [0.2, 0.25) is 0 Å². The molecule has 0 rings (SSSR count). The highest BCUT2D eigenvalue weighted by atomic mass is 31.2. The van der Waals surface area contributed by atoms with Crippen molar-refractivity contribution < 1.29 is 32.7 Å². The Morgan fingerprint density at radius 3 is 1.85 bits per heavy atom. The lowest BCUT2D eigenvalue weighted by Gasteiger charge is -2.23. The van der Waals surface area contributed by atoms with Crippen LogP contribution in [0.3, 0.4) is 0 Å². The molecule has 0 bridgehead atoms. The Hall–Kier alpha value is -1.04. The summed E-state index contributed by atoms with van der Waals surface area (Å²) in [6.45, 7) is 5.98. The fourth-order valence-electron chi connectivity index (χ4n) is 1.54. The standard InChI is InChI=1S/C12H21O7P/c1-5-17-12(15)11(14)10(8-9(4)13)20(16,18-6-2)19-7-3/h10H,5-8H2,1-4H3. The molecule has 1 atom stereocenters. The summed E-state index contributed by atoms with van der Waals surface area (Å²) >= 11 is 0. The van der Waals surface area contributed by atoms with Gasteiger partial charge in [0.1, 0.15) is 11.4 Å². The third-order valence-electron chi connectivity index (χ3n) is 2.26. The maximum atomic E-state index is 12.6. The van der Waals surface area contributed by atoms with E-state index in [9.17, 15) is 18.9 Å². The number of hydrogen-bond acceptors (Lipinski definition) is 7. The Balaban J connectivity index is 5.39. The first-order valence-electron chi connectivity index (χ1n) is 6.41. The van der Waals surface area contributed by atoms with E-state index in [0.717, 1.165) is 0 Å². The monoisotopic (exact) mass is 308 g/mol. The van der Waals surface area contributed by atoms with Crippen molar-refractivity contribution in [2.75, 3.05) is 19.8 Å². The third kappa shape index (κ3) is 5.53. The first-order valence-corrected chi connectivity index (χ1v) is 8.02. The van der Waals surface area contributed by atoms with Crippen LogP contribution in [0.15, 0.2) is 0 Å². The van der Waals surface area contributed by atoms with Gasteiger partial charge in [-0.1, -0.05) is 0 Å². The molecule has 0 N–H and O–H groups in total. The number of ether oxygens (including phenoxy) is 1. The predicted octanol–water partition coefficient (Wildman–Crippen LogP) is 1.73. The molecule has 0 heterocycles. The van der Waals surface area contributed by atoms with E-state index in [1.165, 1.54) is 13.8 Å². The van der Waals surface area contributed by atoms with Crippen LogP contribution in [0.1, 0.15) is 34.1 Å². The van der Waals surface area contributed by atoms with Crippen molar-refractivity contribution in [3.63, 3.8) is 0 Å². The number of carbonyl (C=O) groups is 3. The molecular formula is C12H21O7P. The molecule has 0 saturated heterocycles. The third-order valence-corrected chi connectivity index (χ3v) is 4.68. The van der Waals surface area contributed by atoms with Gasteiger partial charge < -0.3 is 13.8 Å². The van der Waals surface area contributed by atoms with Crippen LogP contribution in [0.2, 0.25) is 0 Å². The molecule has 8 heteroatoms. The summed E-state index contributed by atoms with van der Waals surface area (Å²) in [4.78, 5) is 34.8. The molecule has 0 aliphatic heterocycles. The van der Waals surface area contributed by atoms with Gasteiger partial charge >= 0.3 is 13.6 Å². The normalized spacial score (nSPS) is 12.8. The van der Waals surface area contributed by atoms with Gasteiger partial charge in [-0.05, 0) is 27.7 Å². The molecule has 7 nitrogen and oxygen atoms in total. The van der Waals surface area contributed by atoms with Crippen molar-refractivity contribution >= 4 is 25.1 Å². The van der Waals surface area contributed by atoms with E-state index >= 15 is 0 Å². The van der Waals surface area contributed by atoms with Crippen molar-refractivity contribution in [3.8, 4) is 0 Å². The molecule has 0 radical (unpaired) electrons. The first kappa shape index (κ1) is 19.0. The Kier molecular flexibility index (Phi) is 8.53. The zero-order valence-corrected chi connectivity index (χ0v) is 13.1. The molecule has 0 saturated carbocycles. The van der Waals surface area contributed by atoms with Gasteiger partial charge in [0.05, 0.1) is 19.8 Å². The van der Waals surface area contributed by atoms with Crippen molar-refractivity contribution in [1.29, 1.82) is 0 Å². The Bertz CT molecular complexity index is 395. The minimum atomic E-state index is -3.89. The molecule has 116 valence electrons. The van der Waals surface area contributed by atoms with Crippen LogP contribution in [0.4, 0.5) is 0 Å². The molecule has 0 aliphatic rings. The van der Waals surface area contributed by atoms with Crippen molar-refractivity contribution in [1.82, 2.24) is 0 Å². The Labute approximate surface area is 118 Å². The molecule has 0 aliphatic carbocycles. The number of rotatable bonds is 10. The summed E-state index contributed by atoms with van der Waals surface area (Å²) in [7, 11) is -3.89. The second-order valence-corrected chi connectivity index (χ2v) is 6.10. The van der Waals surface area contributed by atoms with E-state index in [2.05, 4.69) is 4.74 Å². The van der Waals surface area contributed by atoms with Crippen LogP contribution in [0.25, 0.3) is 0 Å². The van der Waals surface area contributed by atoms with E-state index in [4.69, 9.17) is 9.05 Å². The van der Waals surface area contributed by atoms with Gasteiger partial charge in [-0.2, -0.15) is 0 Å². The molecule has 0 amide bonds. The number of hydrogen-bond donors (Lipinski definition) is 0. The number of ketones is 2. The minimum Gasteiger partial charge on any atom is -0.460 e. The molecule has 0 aromatic rings. The predicted molar refractivity (Wildman–Crippen MR) is 71.6 cm³/mol. The summed E-state index contributed by atoms with van der Waals surface area (Å²) in [6, 6.07) is 0. The van der Waals surface area contributed by atoms with E-state index in [1.807, 2.05) is 0 Å². The summed E-state index contributed by atoms with van der Waals surface area (Å²) in [5, 5.41) is 0. The molecule has 0 fully saturated rings. The molecule has 0 aromatic carbocycles. The molecule has 20 heavy (non-hydrogen) atoms. The highest BCUT2D eigenvalue weighted by Gasteiger charge is 2.44. The maximum absolute atomic E-state index is 12.6. The average Bonchev–Trinajstić information content (AvgIpc) is 2.35. The van der Waals surface area contributed by atoms with Gasteiger partial charge in [-0.15, -0.1) is 0 Å². The van der Waals surface area contributed by atoms with Gasteiger partial charge in [0, 0.05) is 6.42 Å². The molecule has 0 spiro atoms. The summed E-state index contributed by atoms with van der Waals surface area (Å²) in [6.07, 6.45) is -0.394. The van der Waals surface area contributed by atoms with Crippen LogP contribution in [-0.4, -0.2) is 43.0 Å². The van der Waals surface area contributed by atoms with Crippen LogP contribution in [0, 0.1) is 0 Å². The Morgan fingerprint density at radius 1 is 1.00 bits per heavy atom. The minimum absolute atomic E-state index is 0.00490. The van der Waals surface area contributed by atoms with Crippen LogP contribution in [0.5, 0.6) is 0 Å². The first-order chi connectivity index (χ1) is 9.32. The Morgan fingerprint density at radius 2 is 1.50 bits per heavy atom. The highest BCUT2D eigenvalue weighted by molar-refractivity contribution is 7.56.